The molecule has 4 rings (SSSR count). The monoisotopic (exact) mass is 557 g/mol. The highest BCUT2D eigenvalue weighted by Gasteiger charge is 2.40. The van der Waals surface area contributed by atoms with Gasteiger partial charge in [0.05, 0.1) is 11.5 Å². The lowest BCUT2D eigenvalue weighted by molar-refractivity contribution is -0.384. The van der Waals surface area contributed by atoms with Crippen molar-refractivity contribution in [1.29, 1.82) is 0 Å². The molecule has 0 unspecified atom stereocenters. The van der Waals surface area contributed by atoms with Crippen molar-refractivity contribution in [1.82, 2.24) is 10.2 Å². The minimum Gasteiger partial charge on any atom is -0.490 e. The van der Waals surface area contributed by atoms with Gasteiger partial charge in [0.15, 0.2) is 11.5 Å². The van der Waals surface area contributed by atoms with Gasteiger partial charge in [-0.05, 0) is 61.2 Å². The smallest absolute Gasteiger partial charge is 0.331 e. The second-order valence-corrected chi connectivity index (χ2v) is 9.25. The Balaban J connectivity index is 1.59. The van der Waals surface area contributed by atoms with Crippen molar-refractivity contribution < 1.29 is 28.8 Å². The molecule has 0 atom stereocenters. The fourth-order valence-electron chi connectivity index (χ4n) is 4.24. The Labute approximate surface area is 215 Å². The summed E-state index contributed by atoms with van der Waals surface area (Å²) < 4.78 is 12.2. The number of nitro groups is 1. The number of rotatable bonds is 8. The molecule has 4 amide bonds. The number of amides is 4. The molecule has 0 bridgehead atoms. The fraction of sp³-hybridized carbons (Fsp3) is 0.320. The third-order valence-electron chi connectivity index (χ3n) is 6.03. The van der Waals surface area contributed by atoms with E-state index in [4.69, 9.17) is 9.47 Å². The zero-order valence-electron chi connectivity index (χ0n) is 19.5. The van der Waals surface area contributed by atoms with Crippen molar-refractivity contribution in [2.24, 2.45) is 0 Å². The van der Waals surface area contributed by atoms with Crippen molar-refractivity contribution in [2.75, 3.05) is 6.61 Å². The van der Waals surface area contributed by atoms with Crippen LogP contribution < -0.4 is 14.8 Å². The van der Waals surface area contributed by atoms with Gasteiger partial charge in [-0.1, -0.05) is 28.8 Å². The van der Waals surface area contributed by atoms with Crippen LogP contribution in [0, 0.1) is 10.1 Å². The van der Waals surface area contributed by atoms with Gasteiger partial charge >= 0.3 is 6.03 Å². The van der Waals surface area contributed by atoms with Gasteiger partial charge in [0, 0.05) is 22.6 Å². The number of ether oxygens (including phenoxy) is 2. The predicted octanol–water partition coefficient (Wildman–Crippen LogP) is 4.74. The number of carbonyl (C=O) groups is 3. The number of carbonyl (C=O) groups excluding carboxylic acids is 3. The van der Waals surface area contributed by atoms with Crippen molar-refractivity contribution >= 4 is 45.5 Å². The molecule has 1 saturated carbocycles. The molecule has 1 aliphatic heterocycles. The second kappa shape index (κ2) is 10.9. The summed E-state index contributed by atoms with van der Waals surface area (Å²) >= 11 is 3.47. The first kappa shape index (κ1) is 25.4. The van der Waals surface area contributed by atoms with Crippen LogP contribution in [0.2, 0.25) is 0 Å². The number of hydrogen-bond donors (Lipinski definition) is 1. The highest BCUT2D eigenvalue weighted by molar-refractivity contribution is 9.10. The number of barbiturate groups is 1. The SMILES string of the molecule is CCOc1cc(/C=C2\C(=O)NC(=O)N(C3CCCC3)C2=O)c(Br)cc1OCc1ccc([N+](=O)[O-])cc1. The average molecular weight is 558 g/mol. The van der Waals surface area contributed by atoms with Crippen LogP contribution in [0.15, 0.2) is 46.4 Å². The van der Waals surface area contributed by atoms with Gasteiger partial charge in [-0.2, -0.15) is 0 Å². The van der Waals surface area contributed by atoms with E-state index in [1.807, 2.05) is 6.92 Å². The number of non-ortho nitro benzene ring substituents is 1. The van der Waals surface area contributed by atoms with Crippen molar-refractivity contribution in [3.63, 3.8) is 0 Å². The van der Waals surface area contributed by atoms with E-state index in [0.717, 1.165) is 36.1 Å². The molecule has 10 nitrogen and oxygen atoms in total. The molecule has 2 fully saturated rings. The molecule has 0 aromatic heterocycles. The number of urea groups is 1. The van der Waals surface area contributed by atoms with Crippen LogP contribution in [0.4, 0.5) is 10.5 Å². The Hall–Kier alpha value is -3.73. The maximum Gasteiger partial charge on any atom is 0.331 e. The molecule has 2 aromatic carbocycles. The van der Waals surface area contributed by atoms with Crippen LogP contribution in [0.3, 0.4) is 0 Å². The summed E-state index contributed by atoms with van der Waals surface area (Å²) in [5, 5.41) is 13.1. The van der Waals surface area contributed by atoms with E-state index in [1.54, 1.807) is 24.3 Å². The molecule has 1 aliphatic carbocycles. The van der Waals surface area contributed by atoms with Crippen molar-refractivity contribution in [3.8, 4) is 11.5 Å². The first-order valence-electron chi connectivity index (χ1n) is 11.5. The molecule has 36 heavy (non-hydrogen) atoms. The number of halogens is 1. The summed E-state index contributed by atoms with van der Waals surface area (Å²) in [5.41, 5.74) is 1.08. The van der Waals surface area contributed by atoms with E-state index < -0.39 is 22.8 Å². The minimum atomic E-state index is -0.748. The minimum absolute atomic E-state index is 0.0108. The van der Waals surface area contributed by atoms with E-state index in [9.17, 15) is 24.5 Å². The van der Waals surface area contributed by atoms with Gasteiger partial charge in [0.25, 0.3) is 17.5 Å². The molecule has 2 aromatic rings. The quantitative estimate of drug-likeness (QED) is 0.215. The lowest BCUT2D eigenvalue weighted by atomic mass is 10.0. The lowest BCUT2D eigenvalue weighted by Crippen LogP contribution is -2.57. The third kappa shape index (κ3) is 5.40. The summed E-state index contributed by atoms with van der Waals surface area (Å²) in [6.45, 7) is 2.29. The van der Waals surface area contributed by atoms with E-state index >= 15 is 0 Å². The average Bonchev–Trinajstić information content (AvgIpc) is 3.37. The highest BCUT2D eigenvalue weighted by atomic mass is 79.9. The predicted molar refractivity (Wildman–Crippen MR) is 133 cm³/mol. The topological polar surface area (TPSA) is 128 Å². The Morgan fingerprint density at radius 3 is 2.42 bits per heavy atom. The number of nitrogens with zero attached hydrogens (tertiary/aromatic N) is 2. The molecule has 188 valence electrons. The zero-order chi connectivity index (χ0) is 25.8. The third-order valence-corrected chi connectivity index (χ3v) is 6.71. The van der Waals surface area contributed by atoms with E-state index in [2.05, 4.69) is 21.2 Å². The van der Waals surface area contributed by atoms with Crippen molar-refractivity contribution in [3.05, 3.63) is 67.7 Å². The van der Waals surface area contributed by atoms with Crippen LogP contribution in [-0.4, -0.2) is 40.3 Å². The highest BCUT2D eigenvalue weighted by Crippen LogP contribution is 2.36. The van der Waals surface area contributed by atoms with Crippen LogP contribution in [0.1, 0.15) is 43.7 Å². The summed E-state index contributed by atoms with van der Waals surface area (Å²) in [6.07, 6.45) is 4.73. The summed E-state index contributed by atoms with van der Waals surface area (Å²) in [5.74, 6) is -0.560. The maximum atomic E-state index is 13.1. The fourth-order valence-corrected chi connectivity index (χ4v) is 4.68. The van der Waals surface area contributed by atoms with Crippen LogP contribution in [-0.2, 0) is 16.2 Å². The lowest BCUT2D eigenvalue weighted by Gasteiger charge is -2.31. The normalized spacial score (nSPS) is 17.4. The first-order valence-corrected chi connectivity index (χ1v) is 12.3. The molecule has 1 N–H and O–H groups in total. The van der Waals surface area contributed by atoms with E-state index in [1.165, 1.54) is 18.2 Å². The molecular weight excluding hydrogens is 534 g/mol. The summed E-state index contributed by atoms with van der Waals surface area (Å²) in [7, 11) is 0. The number of benzene rings is 2. The Kier molecular flexibility index (Phi) is 7.68. The molecule has 2 aliphatic rings. The van der Waals surface area contributed by atoms with Gasteiger partial charge in [0.1, 0.15) is 12.2 Å². The standard InChI is InChI=1S/C25H24BrN3O7/c1-2-35-21-12-16(11-19-23(30)27-25(32)28(24(19)31)17-5-3-4-6-17)20(26)13-22(21)36-14-15-7-9-18(10-8-15)29(33)34/h7-13,17H,2-6,14H2,1H3,(H,27,30,32)/b19-11+. The Morgan fingerprint density at radius 1 is 1.11 bits per heavy atom. The molecule has 1 heterocycles. The Morgan fingerprint density at radius 2 is 1.78 bits per heavy atom. The van der Waals surface area contributed by atoms with Gasteiger partial charge in [-0.3, -0.25) is 29.9 Å². The van der Waals surface area contributed by atoms with Crippen LogP contribution in [0.25, 0.3) is 6.08 Å². The van der Waals surface area contributed by atoms with Gasteiger partial charge in [-0.15, -0.1) is 0 Å². The van der Waals surface area contributed by atoms with Gasteiger partial charge < -0.3 is 9.47 Å². The number of nitrogens with one attached hydrogen (secondary N) is 1. The molecule has 1 saturated heterocycles. The zero-order valence-corrected chi connectivity index (χ0v) is 21.1. The number of hydrogen-bond acceptors (Lipinski definition) is 7. The maximum absolute atomic E-state index is 13.1. The number of nitro benzene ring substituents is 1. The summed E-state index contributed by atoms with van der Waals surface area (Å²) in [4.78, 5) is 49.5. The van der Waals surface area contributed by atoms with Crippen LogP contribution in [0.5, 0.6) is 11.5 Å². The van der Waals surface area contributed by atoms with E-state index in [0.29, 0.717) is 28.1 Å². The van der Waals surface area contributed by atoms with Gasteiger partial charge in [-0.25, -0.2) is 4.79 Å². The molecule has 0 radical (unpaired) electrons. The second-order valence-electron chi connectivity index (χ2n) is 8.40. The number of imide groups is 2. The first-order chi connectivity index (χ1) is 17.3. The molecule has 0 spiro atoms. The summed E-state index contributed by atoms with van der Waals surface area (Å²) in [6, 6.07) is 8.42. The van der Waals surface area contributed by atoms with E-state index in [-0.39, 0.29) is 23.9 Å². The molecule has 11 heteroatoms. The largest absolute Gasteiger partial charge is 0.490 e. The molecular formula is C25H24BrN3O7. The Bertz CT molecular complexity index is 1240. The van der Waals surface area contributed by atoms with Crippen molar-refractivity contribution in [2.45, 2.75) is 45.3 Å². The van der Waals surface area contributed by atoms with Gasteiger partial charge in [0.2, 0.25) is 0 Å². The van der Waals surface area contributed by atoms with Crippen LogP contribution >= 0.6 is 15.9 Å².